The average Bonchev–Trinajstić information content (AvgIpc) is 2.74. The van der Waals surface area contributed by atoms with Gasteiger partial charge in [0.15, 0.2) is 0 Å². The van der Waals surface area contributed by atoms with Crippen LogP contribution in [0.15, 0.2) is 18.5 Å². The summed E-state index contributed by atoms with van der Waals surface area (Å²) >= 11 is 0. The van der Waals surface area contributed by atoms with Gasteiger partial charge in [-0.25, -0.2) is 10.8 Å². The van der Waals surface area contributed by atoms with E-state index in [9.17, 15) is 0 Å². The average molecular weight is 247 g/mol. The van der Waals surface area contributed by atoms with Gasteiger partial charge in [0.2, 0.25) is 5.95 Å². The van der Waals surface area contributed by atoms with E-state index in [1.807, 2.05) is 37.0 Å². The summed E-state index contributed by atoms with van der Waals surface area (Å²) < 4.78 is 1.89. The predicted molar refractivity (Wildman–Crippen MR) is 70.0 cm³/mol. The second-order valence-electron chi connectivity index (χ2n) is 4.07. The van der Waals surface area contributed by atoms with Crippen LogP contribution in [0.1, 0.15) is 11.3 Å². The number of rotatable bonds is 5. The van der Waals surface area contributed by atoms with Crippen LogP contribution in [-0.4, -0.2) is 26.3 Å². The fourth-order valence-corrected chi connectivity index (χ4v) is 1.61. The molecule has 0 aromatic carbocycles. The van der Waals surface area contributed by atoms with Crippen molar-refractivity contribution in [3.63, 3.8) is 0 Å². The molecule has 0 aliphatic rings. The molecule has 0 saturated heterocycles. The van der Waals surface area contributed by atoms with Crippen LogP contribution >= 0.6 is 0 Å². The fourth-order valence-electron chi connectivity index (χ4n) is 1.61. The Morgan fingerprint density at radius 3 is 2.83 bits per heavy atom. The summed E-state index contributed by atoms with van der Waals surface area (Å²) in [5.41, 5.74) is 4.45. The third-order valence-corrected chi connectivity index (χ3v) is 2.39. The summed E-state index contributed by atoms with van der Waals surface area (Å²) in [7, 11) is 0. The quantitative estimate of drug-likeness (QED) is 0.531. The second-order valence-corrected chi connectivity index (χ2v) is 4.07. The third kappa shape index (κ3) is 3.17. The lowest BCUT2D eigenvalue weighted by molar-refractivity contribution is 0.636. The SMILES string of the molecule is Cc1cnn(CCNc2cc(C)nc(NN)n2)c1. The lowest BCUT2D eigenvalue weighted by Gasteiger charge is -2.08. The third-order valence-electron chi connectivity index (χ3n) is 2.39. The van der Waals surface area contributed by atoms with Crippen LogP contribution in [0.4, 0.5) is 11.8 Å². The molecule has 0 aliphatic heterocycles. The number of aryl methyl sites for hydroxylation is 2. The molecule has 0 aliphatic carbocycles. The minimum Gasteiger partial charge on any atom is -0.368 e. The Morgan fingerprint density at radius 2 is 2.17 bits per heavy atom. The molecular weight excluding hydrogens is 230 g/mol. The summed E-state index contributed by atoms with van der Waals surface area (Å²) in [5, 5.41) is 7.42. The molecule has 7 heteroatoms. The van der Waals surface area contributed by atoms with Crippen LogP contribution in [-0.2, 0) is 6.54 Å². The van der Waals surface area contributed by atoms with E-state index in [-0.39, 0.29) is 0 Å². The highest BCUT2D eigenvalue weighted by molar-refractivity contribution is 5.41. The number of hydrazine groups is 1. The number of hydrogen-bond acceptors (Lipinski definition) is 6. The molecule has 0 bridgehead atoms. The molecule has 18 heavy (non-hydrogen) atoms. The first-order chi connectivity index (χ1) is 8.67. The fraction of sp³-hybridized carbons (Fsp3) is 0.364. The Hall–Kier alpha value is -2.15. The molecule has 4 N–H and O–H groups in total. The highest BCUT2D eigenvalue weighted by Crippen LogP contribution is 2.08. The van der Waals surface area contributed by atoms with Gasteiger partial charge in [0, 0.05) is 24.5 Å². The van der Waals surface area contributed by atoms with Crippen molar-refractivity contribution in [1.29, 1.82) is 0 Å². The van der Waals surface area contributed by atoms with Gasteiger partial charge in [-0.3, -0.25) is 10.1 Å². The lowest BCUT2D eigenvalue weighted by Crippen LogP contribution is -2.15. The number of anilines is 2. The number of aromatic nitrogens is 4. The number of nitrogens with one attached hydrogen (secondary N) is 2. The number of hydrogen-bond donors (Lipinski definition) is 3. The van der Waals surface area contributed by atoms with Crippen LogP contribution in [0.25, 0.3) is 0 Å². The van der Waals surface area contributed by atoms with E-state index in [0.29, 0.717) is 5.95 Å². The van der Waals surface area contributed by atoms with Crippen molar-refractivity contribution in [3.8, 4) is 0 Å². The van der Waals surface area contributed by atoms with Gasteiger partial charge in [-0.05, 0) is 19.4 Å². The van der Waals surface area contributed by atoms with Gasteiger partial charge < -0.3 is 5.32 Å². The van der Waals surface area contributed by atoms with E-state index >= 15 is 0 Å². The molecule has 0 saturated carbocycles. The smallest absolute Gasteiger partial charge is 0.239 e. The van der Waals surface area contributed by atoms with Crippen LogP contribution < -0.4 is 16.6 Å². The Kier molecular flexibility index (Phi) is 3.73. The van der Waals surface area contributed by atoms with Gasteiger partial charge in [-0.15, -0.1) is 0 Å². The molecule has 0 radical (unpaired) electrons. The van der Waals surface area contributed by atoms with E-state index in [1.165, 1.54) is 0 Å². The molecule has 2 rings (SSSR count). The van der Waals surface area contributed by atoms with Crippen molar-refractivity contribution in [3.05, 3.63) is 29.7 Å². The summed E-state index contributed by atoms with van der Waals surface area (Å²) in [6, 6.07) is 1.87. The normalized spacial score (nSPS) is 10.4. The standard InChI is InChI=1S/C11H17N7/c1-8-6-14-18(7-8)4-3-13-10-5-9(2)15-11(16-10)17-12/h5-7H,3-4,12H2,1-2H3,(H2,13,15,16,17). The van der Waals surface area contributed by atoms with Crippen LogP contribution in [0, 0.1) is 13.8 Å². The summed E-state index contributed by atoms with van der Waals surface area (Å²) in [5.74, 6) is 6.45. The summed E-state index contributed by atoms with van der Waals surface area (Å²) in [4.78, 5) is 8.32. The predicted octanol–water partition coefficient (Wildman–Crippen LogP) is 0.688. The van der Waals surface area contributed by atoms with E-state index in [4.69, 9.17) is 5.84 Å². The molecule has 2 heterocycles. The van der Waals surface area contributed by atoms with Gasteiger partial charge in [0.05, 0.1) is 12.7 Å². The zero-order valence-corrected chi connectivity index (χ0v) is 10.5. The number of nitrogen functional groups attached to an aromatic ring is 1. The van der Waals surface area contributed by atoms with Gasteiger partial charge in [0.1, 0.15) is 5.82 Å². The van der Waals surface area contributed by atoms with Gasteiger partial charge in [0.25, 0.3) is 0 Å². The van der Waals surface area contributed by atoms with Crippen molar-refractivity contribution >= 4 is 11.8 Å². The molecule has 0 atom stereocenters. The zero-order valence-electron chi connectivity index (χ0n) is 10.5. The first-order valence-corrected chi connectivity index (χ1v) is 5.72. The van der Waals surface area contributed by atoms with Crippen molar-refractivity contribution in [2.24, 2.45) is 5.84 Å². The van der Waals surface area contributed by atoms with Gasteiger partial charge in [-0.1, -0.05) is 0 Å². The second kappa shape index (κ2) is 5.46. The van der Waals surface area contributed by atoms with Gasteiger partial charge >= 0.3 is 0 Å². The molecule has 0 amide bonds. The first kappa shape index (κ1) is 12.3. The molecule has 0 fully saturated rings. The van der Waals surface area contributed by atoms with Crippen molar-refractivity contribution in [1.82, 2.24) is 19.7 Å². The van der Waals surface area contributed by atoms with Crippen LogP contribution in [0.3, 0.4) is 0 Å². The largest absolute Gasteiger partial charge is 0.368 e. The van der Waals surface area contributed by atoms with Crippen LogP contribution in [0.5, 0.6) is 0 Å². The van der Waals surface area contributed by atoms with E-state index in [2.05, 4.69) is 25.8 Å². The lowest BCUT2D eigenvalue weighted by atomic mass is 10.4. The molecule has 2 aromatic heterocycles. The Balaban J connectivity index is 1.91. The number of nitrogens with zero attached hydrogens (tertiary/aromatic N) is 4. The summed E-state index contributed by atoms with van der Waals surface area (Å²) in [6.07, 6.45) is 3.84. The Labute approximate surface area is 105 Å². The van der Waals surface area contributed by atoms with Crippen molar-refractivity contribution in [2.75, 3.05) is 17.3 Å². The Morgan fingerprint density at radius 1 is 1.33 bits per heavy atom. The first-order valence-electron chi connectivity index (χ1n) is 5.72. The molecule has 0 spiro atoms. The van der Waals surface area contributed by atoms with Crippen molar-refractivity contribution in [2.45, 2.75) is 20.4 Å². The highest BCUT2D eigenvalue weighted by atomic mass is 15.3. The van der Waals surface area contributed by atoms with Crippen molar-refractivity contribution < 1.29 is 0 Å². The zero-order chi connectivity index (χ0) is 13.0. The maximum atomic E-state index is 5.29. The molecule has 2 aromatic rings. The molecular formula is C11H17N7. The molecule has 96 valence electrons. The van der Waals surface area contributed by atoms with E-state index < -0.39 is 0 Å². The van der Waals surface area contributed by atoms with E-state index in [1.54, 1.807) is 0 Å². The Bertz CT molecular complexity index is 520. The summed E-state index contributed by atoms with van der Waals surface area (Å²) in [6.45, 7) is 5.43. The highest BCUT2D eigenvalue weighted by Gasteiger charge is 2.00. The number of nitrogens with two attached hydrogens (primary N) is 1. The van der Waals surface area contributed by atoms with Crippen LogP contribution in [0.2, 0.25) is 0 Å². The minimum atomic E-state index is 0.410. The van der Waals surface area contributed by atoms with E-state index in [0.717, 1.165) is 30.2 Å². The maximum absolute atomic E-state index is 5.29. The minimum absolute atomic E-state index is 0.410. The van der Waals surface area contributed by atoms with Gasteiger partial charge in [-0.2, -0.15) is 10.1 Å². The maximum Gasteiger partial charge on any atom is 0.239 e. The topological polar surface area (TPSA) is 93.7 Å². The monoisotopic (exact) mass is 247 g/mol. The molecule has 7 nitrogen and oxygen atoms in total. The molecule has 0 unspecified atom stereocenters.